The van der Waals surface area contributed by atoms with Gasteiger partial charge in [0.25, 0.3) is 0 Å². The summed E-state index contributed by atoms with van der Waals surface area (Å²) in [6.45, 7) is 6.65. The molecular formula is C15H24N2O5S. The van der Waals surface area contributed by atoms with E-state index in [4.69, 9.17) is 14.6 Å². The summed E-state index contributed by atoms with van der Waals surface area (Å²) in [5, 5.41) is 7.88. The summed E-state index contributed by atoms with van der Waals surface area (Å²) in [7, 11) is -3.77. The average Bonchev–Trinajstić information content (AvgIpc) is 2.50. The maximum Gasteiger partial charge on any atom is 0.249 e. The number of carbonyl (C=O) groups is 1. The fraction of sp³-hybridized carbons (Fsp3) is 0.533. The number of hydrogen-bond donors (Lipinski definition) is 2. The van der Waals surface area contributed by atoms with Crippen molar-refractivity contribution >= 4 is 15.9 Å². The Hall–Kier alpha value is -1.48. The van der Waals surface area contributed by atoms with Gasteiger partial charge in [-0.15, -0.1) is 0 Å². The van der Waals surface area contributed by atoms with Crippen molar-refractivity contribution in [2.45, 2.75) is 37.8 Å². The summed E-state index contributed by atoms with van der Waals surface area (Å²) in [6.07, 6.45) is -0.626. The fourth-order valence-corrected chi connectivity index (χ4v) is 2.45. The summed E-state index contributed by atoms with van der Waals surface area (Å²) in [6, 6.07) is 5.79. The highest BCUT2D eigenvalue weighted by Gasteiger charge is 2.17. The van der Waals surface area contributed by atoms with Gasteiger partial charge in [-0.3, -0.25) is 4.79 Å². The Morgan fingerprint density at radius 2 is 2.00 bits per heavy atom. The molecule has 0 aromatic heterocycles. The van der Waals surface area contributed by atoms with Crippen molar-refractivity contribution in [3.05, 3.63) is 29.8 Å². The summed E-state index contributed by atoms with van der Waals surface area (Å²) < 4.78 is 33.2. The molecule has 0 aliphatic carbocycles. The quantitative estimate of drug-likeness (QED) is 0.649. The molecule has 130 valence electrons. The van der Waals surface area contributed by atoms with E-state index in [0.717, 1.165) is 0 Å². The Morgan fingerprint density at radius 3 is 2.61 bits per heavy atom. The van der Waals surface area contributed by atoms with Crippen LogP contribution in [0.4, 0.5) is 0 Å². The SMILES string of the molecule is CCOCCOC(C)C(=O)NC(C)c1cccc(S(N)(=O)=O)c1. The second-order valence-corrected chi connectivity index (χ2v) is 6.62. The normalized spacial score (nSPS) is 14.3. The van der Waals surface area contributed by atoms with Crippen LogP contribution in [-0.4, -0.2) is 40.2 Å². The lowest BCUT2D eigenvalue weighted by Crippen LogP contribution is -2.36. The second kappa shape index (κ2) is 8.97. The van der Waals surface area contributed by atoms with E-state index in [0.29, 0.717) is 25.4 Å². The van der Waals surface area contributed by atoms with Crippen LogP contribution in [0.3, 0.4) is 0 Å². The molecular weight excluding hydrogens is 320 g/mol. The molecule has 8 heteroatoms. The smallest absolute Gasteiger partial charge is 0.249 e. The van der Waals surface area contributed by atoms with Gasteiger partial charge >= 0.3 is 0 Å². The Kier molecular flexibility index (Phi) is 7.63. The van der Waals surface area contributed by atoms with Crippen LogP contribution in [0.2, 0.25) is 0 Å². The Balaban J connectivity index is 2.61. The van der Waals surface area contributed by atoms with Crippen molar-refractivity contribution in [2.24, 2.45) is 5.14 Å². The molecule has 0 fully saturated rings. The van der Waals surface area contributed by atoms with E-state index >= 15 is 0 Å². The molecule has 3 N–H and O–H groups in total. The molecule has 0 saturated heterocycles. The van der Waals surface area contributed by atoms with Crippen LogP contribution in [0.5, 0.6) is 0 Å². The van der Waals surface area contributed by atoms with Gasteiger partial charge in [0.05, 0.1) is 24.2 Å². The van der Waals surface area contributed by atoms with Gasteiger partial charge in [0.15, 0.2) is 0 Å². The first kappa shape index (κ1) is 19.6. The predicted octanol–water partition coefficient (Wildman–Crippen LogP) is 0.953. The standard InChI is InChI=1S/C15H24N2O5S/c1-4-21-8-9-22-12(3)15(18)17-11(2)13-6-5-7-14(10-13)23(16,19)20/h5-7,10-12H,4,8-9H2,1-3H3,(H,17,18)(H2,16,19,20). The first-order chi connectivity index (χ1) is 10.8. The maximum absolute atomic E-state index is 12.1. The van der Waals surface area contributed by atoms with Gasteiger partial charge in [-0.2, -0.15) is 0 Å². The third kappa shape index (κ3) is 6.66. The zero-order valence-electron chi connectivity index (χ0n) is 13.6. The van der Waals surface area contributed by atoms with Crippen LogP contribution >= 0.6 is 0 Å². The van der Waals surface area contributed by atoms with Crippen LogP contribution < -0.4 is 10.5 Å². The lowest BCUT2D eigenvalue weighted by molar-refractivity contribution is -0.133. The molecule has 0 radical (unpaired) electrons. The number of primary sulfonamides is 1. The number of benzene rings is 1. The summed E-state index contributed by atoms with van der Waals surface area (Å²) in [5.41, 5.74) is 0.645. The summed E-state index contributed by atoms with van der Waals surface area (Å²) in [5.74, 6) is -0.282. The highest BCUT2D eigenvalue weighted by Crippen LogP contribution is 2.16. The van der Waals surface area contributed by atoms with E-state index in [1.807, 2.05) is 6.92 Å². The van der Waals surface area contributed by atoms with E-state index in [1.165, 1.54) is 12.1 Å². The van der Waals surface area contributed by atoms with Gasteiger partial charge in [0.1, 0.15) is 6.10 Å². The number of nitrogens with two attached hydrogens (primary N) is 1. The first-order valence-electron chi connectivity index (χ1n) is 7.38. The fourth-order valence-electron chi connectivity index (χ4n) is 1.88. The van der Waals surface area contributed by atoms with Crippen LogP contribution in [0.25, 0.3) is 0 Å². The number of rotatable bonds is 9. The Bertz CT molecular complexity index is 618. The molecule has 1 aromatic rings. The third-order valence-electron chi connectivity index (χ3n) is 3.21. The minimum atomic E-state index is -3.77. The molecule has 1 aromatic carbocycles. The van der Waals surface area contributed by atoms with Gasteiger partial charge in [0.2, 0.25) is 15.9 Å². The lowest BCUT2D eigenvalue weighted by atomic mass is 10.1. The molecule has 0 aliphatic heterocycles. The first-order valence-corrected chi connectivity index (χ1v) is 8.92. The van der Waals surface area contributed by atoms with Crippen molar-refractivity contribution in [3.8, 4) is 0 Å². The number of hydrogen-bond acceptors (Lipinski definition) is 5. The average molecular weight is 344 g/mol. The van der Waals surface area contributed by atoms with Crippen molar-refractivity contribution < 1.29 is 22.7 Å². The van der Waals surface area contributed by atoms with Crippen LogP contribution in [0, 0.1) is 0 Å². The largest absolute Gasteiger partial charge is 0.379 e. The van der Waals surface area contributed by atoms with Crippen molar-refractivity contribution in [1.29, 1.82) is 0 Å². The summed E-state index contributed by atoms with van der Waals surface area (Å²) >= 11 is 0. The minimum absolute atomic E-state index is 0.0112. The number of carbonyl (C=O) groups excluding carboxylic acids is 1. The Morgan fingerprint density at radius 1 is 1.30 bits per heavy atom. The monoisotopic (exact) mass is 344 g/mol. The molecule has 2 unspecified atom stereocenters. The molecule has 1 amide bonds. The zero-order valence-corrected chi connectivity index (χ0v) is 14.4. The number of nitrogens with one attached hydrogen (secondary N) is 1. The Labute approximate surface area is 137 Å². The highest BCUT2D eigenvalue weighted by molar-refractivity contribution is 7.89. The van der Waals surface area contributed by atoms with E-state index in [9.17, 15) is 13.2 Å². The maximum atomic E-state index is 12.1. The zero-order chi connectivity index (χ0) is 17.5. The number of sulfonamides is 1. The molecule has 0 heterocycles. The van der Waals surface area contributed by atoms with E-state index in [1.54, 1.807) is 26.0 Å². The highest BCUT2D eigenvalue weighted by atomic mass is 32.2. The van der Waals surface area contributed by atoms with Crippen LogP contribution in [-0.2, 0) is 24.3 Å². The topological polar surface area (TPSA) is 108 Å². The predicted molar refractivity (Wildman–Crippen MR) is 86.3 cm³/mol. The van der Waals surface area contributed by atoms with E-state index in [2.05, 4.69) is 5.32 Å². The second-order valence-electron chi connectivity index (χ2n) is 5.06. The molecule has 1 rings (SSSR count). The van der Waals surface area contributed by atoms with E-state index < -0.39 is 16.1 Å². The van der Waals surface area contributed by atoms with Gasteiger partial charge in [-0.25, -0.2) is 13.6 Å². The van der Waals surface area contributed by atoms with Gasteiger partial charge in [-0.1, -0.05) is 12.1 Å². The molecule has 2 atom stereocenters. The molecule has 0 spiro atoms. The molecule has 0 saturated carbocycles. The van der Waals surface area contributed by atoms with Crippen molar-refractivity contribution in [1.82, 2.24) is 5.32 Å². The summed E-state index contributed by atoms with van der Waals surface area (Å²) in [4.78, 5) is 12.1. The minimum Gasteiger partial charge on any atom is -0.379 e. The van der Waals surface area contributed by atoms with Crippen LogP contribution in [0.1, 0.15) is 32.4 Å². The lowest BCUT2D eigenvalue weighted by Gasteiger charge is -2.18. The molecule has 7 nitrogen and oxygen atoms in total. The molecule has 23 heavy (non-hydrogen) atoms. The van der Waals surface area contributed by atoms with Gasteiger partial charge in [-0.05, 0) is 38.5 Å². The molecule has 0 bridgehead atoms. The van der Waals surface area contributed by atoms with Crippen LogP contribution in [0.15, 0.2) is 29.2 Å². The number of amides is 1. The number of ether oxygens (including phenoxy) is 2. The van der Waals surface area contributed by atoms with E-state index in [-0.39, 0.29) is 16.8 Å². The van der Waals surface area contributed by atoms with Crippen molar-refractivity contribution in [3.63, 3.8) is 0 Å². The van der Waals surface area contributed by atoms with Crippen molar-refractivity contribution in [2.75, 3.05) is 19.8 Å². The van der Waals surface area contributed by atoms with Gasteiger partial charge < -0.3 is 14.8 Å². The third-order valence-corrected chi connectivity index (χ3v) is 4.13. The van der Waals surface area contributed by atoms with Gasteiger partial charge in [0, 0.05) is 6.61 Å². The molecule has 0 aliphatic rings.